The van der Waals surface area contributed by atoms with Crippen molar-refractivity contribution in [2.45, 2.75) is 26.6 Å². The van der Waals surface area contributed by atoms with Crippen LogP contribution < -0.4 is 5.32 Å². The fraction of sp³-hybridized carbons (Fsp3) is 0.211. The Labute approximate surface area is 168 Å². The molecule has 30 heavy (non-hydrogen) atoms. The summed E-state index contributed by atoms with van der Waals surface area (Å²) in [5.74, 6) is -0.717. The van der Waals surface area contributed by atoms with Gasteiger partial charge >= 0.3 is 6.18 Å². The molecule has 0 aliphatic rings. The zero-order chi connectivity index (χ0) is 21.5. The van der Waals surface area contributed by atoms with E-state index in [2.05, 4.69) is 25.5 Å². The molecule has 0 aliphatic carbocycles. The van der Waals surface area contributed by atoms with Crippen LogP contribution in [0.25, 0.3) is 5.65 Å². The number of fused-ring (bicyclic) bond motifs is 1. The summed E-state index contributed by atoms with van der Waals surface area (Å²) in [6.45, 7) is 3.87. The van der Waals surface area contributed by atoms with Crippen LogP contribution in [0.3, 0.4) is 0 Å². The van der Waals surface area contributed by atoms with Gasteiger partial charge in [-0.2, -0.15) is 18.3 Å². The molecule has 0 saturated carbocycles. The second-order valence-electron chi connectivity index (χ2n) is 6.73. The maximum atomic E-state index is 13.3. The van der Waals surface area contributed by atoms with Crippen molar-refractivity contribution in [2.75, 3.05) is 5.32 Å². The highest BCUT2D eigenvalue weighted by molar-refractivity contribution is 6.02. The Balaban J connectivity index is 1.55. The molecule has 11 heteroatoms. The highest BCUT2D eigenvalue weighted by atomic mass is 19.4. The molecule has 1 N–H and O–H groups in total. The van der Waals surface area contributed by atoms with E-state index in [1.807, 2.05) is 31.2 Å². The van der Waals surface area contributed by atoms with Gasteiger partial charge < -0.3 is 0 Å². The smallest absolute Gasteiger partial charge is 0.288 e. The van der Waals surface area contributed by atoms with Crippen LogP contribution in [-0.4, -0.2) is 35.3 Å². The zero-order valence-corrected chi connectivity index (χ0v) is 16.0. The van der Waals surface area contributed by atoms with E-state index in [-0.39, 0.29) is 23.0 Å². The van der Waals surface area contributed by atoms with Crippen LogP contribution in [-0.2, 0) is 12.7 Å². The molecule has 0 bridgehead atoms. The van der Waals surface area contributed by atoms with Gasteiger partial charge in [0.2, 0.25) is 5.95 Å². The third-order valence-electron chi connectivity index (χ3n) is 4.43. The molecule has 0 radical (unpaired) electrons. The number of nitrogens with zero attached hydrogens (tertiary/aromatic N) is 6. The van der Waals surface area contributed by atoms with E-state index in [1.165, 1.54) is 19.3 Å². The van der Waals surface area contributed by atoms with Crippen molar-refractivity contribution in [3.63, 3.8) is 0 Å². The summed E-state index contributed by atoms with van der Waals surface area (Å²) >= 11 is 0. The number of carbonyl (C=O) groups is 1. The van der Waals surface area contributed by atoms with Crippen LogP contribution >= 0.6 is 0 Å². The highest BCUT2D eigenvalue weighted by Crippen LogP contribution is 2.29. The van der Waals surface area contributed by atoms with E-state index in [0.717, 1.165) is 17.2 Å². The molecule has 0 atom stereocenters. The number of anilines is 1. The minimum Gasteiger partial charge on any atom is -0.288 e. The van der Waals surface area contributed by atoms with Crippen LogP contribution in [0.15, 0.2) is 42.7 Å². The van der Waals surface area contributed by atoms with Crippen LogP contribution in [0.5, 0.6) is 0 Å². The summed E-state index contributed by atoms with van der Waals surface area (Å²) in [5, 5.41) is 10.4. The molecule has 4 aromatic rings. The highest BCUT2D eigenvalue weighted by Gasteiger charge is 2.35. The number of alkyl halides is 3. The van der Waals surface area contributed by atoms with Crippen molar-refractivity contribution in [1.29, 1.82) is 0 Å². The molecule has 0 aliphatic heterocycles. The summed E-state index contributed by atoms with van der Waals surface area (Å²) in [4.78, 5) is 20.5. The Hall–Kier alpha value is -3.76. The van der Waals surface area contributed by atoms with E-state index < -0.39 is 17.8 Å². The number of amides is 1. The van der Waals surface area contributed by atoms with Gasteiger partial charge in [0.05, 0.1) is 6.54 Å². The first-order valence-electron chi connectivity index (χ1n) is 8.90. The first-order valence-corrected chi connectivity index (χ1v) is 8.90. The lowest BCUT2D eigenvalue weighted by Crippen LogP contribution is -2.16. The van der Waals surface area contributed by atoms with Crippen molar-refractivity contribution >= 4 is 17.5 Å². The number of aromatic nitrogens is 6. The lowest BCUT2D eigenvalue weighted by molar-refractivity contribution is -0.142. The van der Waals surface area contributed by atoms with E-state index >= 15 is 0 Å². The summed E-state index contributed by atoms with van der Waals surface area (Å²) in [6, 6.07) is 9.83. The molecule has 1 amide bonds. The average molecular weight is 415 g/mol. The Bertz CT molecular complexity index is 1240. The van der Waals surface area contributed by atoms with E-state index in [4.69, 9.17) is 0 Å². The first-order chi connectivity index (χ1) is 14.2. The zero-order valence-electron chi connectivity index (χ0n) is 16.0. The molecule has 1 aromatic carbocycles. The minimum atomic E-state index is -4.64. The van der Waals surface area contributed by atoms with Gasteiger partial charge in [-0.3, -0.25) is 10.1 Å². The van der Waals surface area contributed by atoms with Gasteiger partial charge in [-0.1, -0.05) is 24.3 Å². The number of nitrogens with one attached hydrogen (secondary N) is 1. The maximum Gasteiger partial charge on any atom is 0.433 e. The van der Waals surface area contributed by atoms with Crippen LogP contribution in [0.1, 0.15) is 33.0 Å². The van der Waals surface area contributed by atoms with Gasteiger partial charge in [-0.05, 0) is 31.0 Å². The Morgan fingerprint density at radius 2 is 1.90 bits per heavy atom. The SMILES string of the molecule is Cc1cc(C(F)(F)F)n2nc(C(=O)Nc3ncn(Cc4ccccc4C)n3)cc2n1. The molecule has 0 unspecified atom stereocenters. The summed E-state index contributed by atoms with van der Waals surface area (Å²) in [7, 11) is 0. The average Bonchev–Trinajstić information content (AvgIpc) is 3.28. The fourth-order valence-corrected chi connectivity index (χ4v) is 2.97. The largest absolute Gasteiger partial charge is 0.433 e. The standard InChI is InChI=1S/C19H16F3N7O/c1-11-5-3-4-6-13(11)9-28-10-23-18(27-28)25-17(30)14-8-16-24-12(2)7-15(19(20,21)22)29(16)26-14/h3-8,10H,9H2,1-2H3,(H,25,27,30). The van der Waals surface area contributed by atoms with Gasteiger partial charge in [0, 0.05) is 11.8 Å². The molecule has 3 aromatic heterocycles. The van der Waals surface area contributed by atoms with Crippen molar-refractivity contribution in [1.82, 2.24) is 29.4 Å². The van der Waals surface area contributed by atoms with Gasteiger partial charge in [0.1, 0.15) is 12.0 Å². The molecular formula is C19H16F3N7O. The van der Waals surface area contributed by atoms with E-state index in [9.17, 15) is 18.0 Å². The van der Waals surface area contributed by atoms with Crippen molar-refractivity contribution in [3.05, 3.63) is 70.9 Å². The third-order valence-corrected chi connectivity index (χ3v) is 4.43. The number of rotatable bonds is 4. The first kappa shape index (κ1) is 19.6. The van der Waals surface area contributed by atoms with Crippen molar-refractivity contribution in [3.8, 4) is 0 Å². The molecule has 8 nitrogen and oxygen atoms in total. The predicted molar refractivity (Wildman–Crippen MR) is 101 cm³/mol. The number of hydrogen-bond acceptors (Lipinski definition) is 5. The summed E-state index contributed by atoms with van der Waals surface area (Å²) < 4.78 is 41.9. The Kier molecular flexibility index (Phi) is 4.72. The second kappa shape index (κ2) is 7.25. The van der Waals surface area contributed by atoms with Gasteiger partial charge in [0.25, 0.3) is 5.91 Å². The molecule has 0 spiro atoms. The Morgan fingerprint density at radius 1 is 1.13 bits per heavy atom. The van der Waals surface area contributed by atoms with Crippen LogP contribution in [0.2, 0.25) is 0 Å². The number of halogens is 3. The lowest BCUT2D eigenvalue weighted by Gasteiger charge is -2.08. The predicted octanol–water partition coefficient (Wildman–Crippen LogP) is 3.26. The van der Waals surface area contributed by atoms with E-state index in [0.29, 0.717) is 11.1 Å². The fourth-order valence-electron chi connectivity index (χ4n) is 2.97. The summed E-state index contributed by atoms with van der Waals surface area (Å²) in [5.41, 5.74) is 0.982. The monoisotopic (exact) mass is 415 g/mol. The maximum absolute atomic E-state index is 13.3. The topological polar surface area (TPSA) is 90.0 Å². The van der Waals surface area contributed by atoms with Gasteiger partial charge in [-0.15, -0.1) is 5.10 Å². The number of aryl methyl sites for hydroxylation is 2. The van der Waals surface area contributed by atoms with E-state index in [1.54, 1.807) is 4.68 Å². The summed E-state index contributed by atoms with van der Waals surface area (Å²) in [6.07, 6.45) is -3.18. The second-order valence-corrected chi connectivity index (χ2v) is 6.73. The van der Waals surface area contributed by atoms with Crippen molar-refractivity contribution < 1.29 is 18.0 Å². The molecule has 0 saturated heterocycles. The number of carbonyl (C=O) groups excluding carboxylic acids is 1. The third kappa shape index (κ3) is 3.86. The Morgan fingerprint density at radius 3 is 2.63 bits per heavy atom. The minimum absolute atomic E-state index is 0.0193. The molecule has 0 fully saturated rings. The van der Waals surface area contributed by atoms with Crippen LogP contribution in [0.4, 0.5) is 19.1 Å². The molecule has 3 heterocycles. The molecule has 154 valence electrons. The van der Waals surface area contributed by atoms with Gasteiger partial charge in [0.15, 0.2) is 11.3 Å². The molecular weight excluding hydrogens is 399 g/mol. The molecule has 4 rings (SSSR count). The van der Waals surface area contributed by atoms with Crippen molar-refractivity contribution in [2.24, 2.45) is 0 Å². The quantitative estimate of drug-likeness (QED) is 0.553. The van der Waals surface area contributed by atoms with Gasteiger partial charge in [-0.25, -0.2) is 19.2 Å². The normalized spacial score (nSPS) is 11.8. The lowest BCUT2D eigenvalue weighted by atomic mass is 10.1. The number of hydrogen-bond donors (Lipinski definition) is 1. The number of benzene rings is 1. The van der Waals surface area contributed by atoms with Crippen LogP contribution in [0, 0.1) is 13.8 Å².